The fourth-order valence-corrected chi connectivity index (χ4v) is 3.87. The Balaban J connectivity index is 1.63. The second-order valence-electron chi connectivity index (χ2n) is 6.53. The van der Waals surface area contributed by atoms with Crippen LogP contribution in [-0.4, -0.2) is 47.9 Å². The van der Waals surface area contributed by atoms with Gasteiger partial charge in [0.25, 0.3) is 22.3 Å². The van der Waals surface area contributed by atoms with Crippen molar-refractivity contribution in [3.8, 4) is 11.6 Å². The Morgan fingerprint density at radius 1 is 1.33 bits per heavy atom. The second-order valence-corrected chi connectivity index (χ2v) is 8.16. The highest BCUT2D eigenvalue weighted by atomic mass is 32.2. The van der Waals surface area contributed by atoms with E-state index >= 15 is 0 Å². The highest BCUT2D eigenvalue weighted by Crippen LogP contribution is 2.39. The van der Waals surface area contributed by atoms with Crippen LogP contribution < -0.4 is 14.2 Å². The van der Waals surface area contributed by atoms with E-state index in [1.165, 1.54) is 10.6 Å². The van der Waals surface area contributed by atoms with Crippen LogP contribution in [0.4, 0.5) is 19.0 Å². The Kier molecular flexibility index (Phi) is 5.13. The number of fused-ring (bicyclic) bond motifs is 1. The van der Waals surface area contributed by atoms with E-state index in [9.17, 15) is 21.6 Å². The predicted molar refractivity (Wildman–Crippen MR) is 98.0 cm³/mol. The summed E-state index contributed by atoms with van der Waals surface area (Å²) in [5, 5.41) is -0.273. The number of pyridine rings is 1. The van der Waals surface area contributed by atoms with Crippen molar-refractivity contribution in [1.82, 2.24) is 19.4 Å². The Bertz CT molecular complexity index is 1200. The molecule has 0 aromatic carbocycles. The van der Waals surface area contributed by atoms with Crippen LogP contribution in [0.2, 0.25) is 0 Å². The number of sulfonamides is 1. The maximum absolute atomic E-state index is 14.4. The van der Waals surface area contributed by atoms with Gasteiger partial charge >= 0.3 is 0 Å². The summed E-state index contributed by atoms with van der Waals surface area (Å²) in [6.45, 7) is -1.000. The summed E-state index contributed by atoms with van der Waals surface area (Å²) in [6.07, 6.45) is 1.89. The van der Waals surface area contributed by atoms with Crippen LogP contribution in [0.3, 0.4) is 0 Å². The summed E-state index contributed by atoms with van der Waals surface area (Å²) in [5.74, 6) is -2.00. The number of hydrogen-bond donors (Lipinski definition) is 1. The van der Waals surface area contributed by atoms with Gasteiger partial charge in [-0.3, -0.25) is 9.12 Å². The van der Waals surface area contributed by atoms with Gasteiger partial charge in [0.1, 0.15) is 6.61 Å². The lowest BCUT2D eigenvalue weighted by Gasteiger charge is -2.13. The van der Waals surface area contributed by atoms with Crippen molar-refractivity contribution in [3.63, 3.8) is 0 Å². The molecule has 9 nitrogen and oxygen atoms in total. The van der Waals surface area contributed by atoms with Gasteiger partial charge in [-0.2, -0.15) is 13.4 Å². The molecule has 0 atom stereocenters. The molecule has 1 fully saturated rings. The zero-order chi connectivity index (χ0) is 21.5. The molecule has 3 aromatic rings. The molecule has 1 aliphatic carbocycles. The van der Waals surface area contributed by atoms with Crippen molar-refractivity contribution in [3.05, 3.63) is 36.0 Å². The van der Waals surface area contributed by atoms with Gasteiger partial charge in [-0.25, -0.2) is 23.1 Å². The normalized spacial score (nSPS) is 14.3. The SMILES string of the molecule is COc1nc(NS(=O)(=O)c2cnc3nc(C4CC4)ccn23)c(F)cc1OCC(F)F. The van der Waals surface area contributed by atoms with Gasteiger partial charge in [-0.15, -0.1) is 0 Å². The first kappa shape index (κ1) is 20.2. The van der Waals surface area contributed by atoms with Crippen LogP contribution in [-0.2, 0) is 10.0 Å². The number of hydrogen-bond acceptors (Lipinski definition) is 7. The Morgan fingerprint density at radius 2 is 2.10 bits per heavy atom. The molecule has 1 saturated carbocycles. The molecule has 160 valence electrons. The molecule has 0 unspecified atom stereocenters. The molecular formula is C17H16F3N5O4S. The van der Waals surface area contributed by atoms with Gasteiger partial charge in [0, 0.05) is 23.9 Å². The van der Waals surface area contributed by atoms with Gasteiger partial charge in [0.2, 0.25) is 5.78 Å². The lowest BCUT2D eigenvalue weighted by Crippen LogP contribution is -2.18. The molecule has 3 heterocycles. The number of halogens is 3. The highest BCUT2D eigenvalue weighted by molar-refractivity contribution is 7.92. The van der Waals surface area contributed by atoms with Crippen molar-refractivity contribution in [2.45, 2.75) is 30.2 Å². The van der Waals surface area contributed by atoms with Gasteiger partial charge in [-0.05, 0) is 18.9 Å². The monoisotopic (exact) mass is 443 g/mol. The number of ether oxygens (including phenoxy) is 2. The molecule has 0 saturated heterocycles. The van der Waals surface area contributed by atoms with Gasteiger partial charge < -0.3 is 9.47 Å². The fourth-order valence-electron chi connectivity index (χ4n) is 2.78. The minimum Gasteiger partial charge on any atom is -0.482 e. The lowest BCUT2D eigenvalue weighted by molar-refractivity contribution is 0.0799. The predicted octanol–water partition coefficient (Wildman–Crippen LogP) is 2.59. The van der Waals surface area contributed by atoms with E-state index in [4.69, 9.17) is 9.47 Å². The zero-order valence-electron chi connectivity index (χ0n) is 15.5. The maximum Gasteiger partial charge on any atom is 0.280 e. The lowest BCUT2D eigenvalue weighted by atomic mass is 10.3. The summed E-state index contributed by atoms with van der Waals surface area (Å²) in [6, 6.07) is 2.42. The smallest absolute Gasteiger partial charge is 0.280 e. The van der Waals surface area contributed by atoms with Crippen molar-refractivity contribution >= 4 is 21.6 Å². The number of anilines is 1. The molecule has 0 radical (unpaired) electrons. The number of rotatable bonds is 8. The van der Waals surface area contributed by atoms with E-state index in [1.807, 2.05) is 4.72 Å². The Morgan fingerprint density at radius 3 is 2.77 bits per heavy atom. The molecule has 30 heavy (non-hydrogen) atoms. The van der Waals surface area contributed by atoms with Gasteiger partial charge in [0.15, 0.2) is 22.4 Å². The number of aromatic nitrogens is 4. The molecular weight excluding hydrogens is 427 g/mol. The quantitative estimate of drug-likeness (QED) is 0.570. The molecule has 3 aromatic heterocycles. The third-order valence-corrected chi connectivity index (χ3v) is 5.65. The Labute approximate surface area is 168 Å². The van der Waals surface area contributed by atoms with Gasteiger partial charge in [0.05, 0.1) is 13.3 Å². The van der Waals surface area contributed by atoms with E-state index in [-0.39, 0.29) is 22.4 Å². The van der Waals surface area contributed by atoms with E-state index in [0.717, 1.165) is 31.8 Å². The molecule has 4 rings (SSSR count). The second kappa shape index (κ2) is 7.63. The summed E-state index contributed by atoms with van der Waals surface area (Å²) in [4.78, 5) is 12.0. The summed E-state index contributed by atoms with van der Waals surface area (Å²) in [5.41, 5.74) is 0.835. The minimum absolute atomic E-state index is 0.196. The summed E-state index contributed by atoms with van der Waals surface area (Å²) >= 11 is 0. The molecule has 0 amide bonds. The molecule has 13 heteroatoms. The van der Waals surface area contributed by atoms with Crippen LogP contribution in [0.15, 0.2) is 29.6 Å². The van der Waals surface area contributed by atoms with Crippen LogP contribution in [0, 0.1) is 5.82 Å². The first-order chi connectivity index (χ1) is 14.3. The van der Waals surface area contributed by atoms with E-state index in [0.29, 0.717) is 12.0 Å². The number of imidazole rings is 1. The van der Waals surface area contributed by atoms with Crippen LogP contribution in [0.1, 0.15) is 24.5 Å². The molecule has 0 aliphatic heterocycles. The number of alkyl halides is 2. The average Bonchev–Trinajstić information content (AvgIpc) is 3.46. The summed E-state index contributed by atoms with van der Waals surface area (Å²) < 4.78 is 77.5. The van der Waals surface area contributed by atoms with E-state index < -0.39 is 34.7 Å². The number of methoxy groups -OCH3 is 1. The maximum atomic E-state index is 14.4. The molecule has 0 bridgehead atoms. The minimum atomic E-state index is -4.31. The van der Waals surface area contributed by atoms with Crippen molar-refractivity contribution in [2.24, 2.45) is 0 Å². The van der Waals surface area contributed by atoms with E-state index in [2.05, 4.69) is 15.0 Å². The van der Waals surface area contributed by atoms with Crippen molar-refractivity contribution in [2.75, 3.05) is 18.4 Å². The zero-order valence-corrected chi connectivity index (χ0v) is 16.4. The van der Waals surface area contributed by atoms with Crippen molar-refractivity contribution < 1.29 is 31.1 Å². The topological polar surface area (TPSA) is 108 Å². The van der Waals surface area contributed by atoms with Crippen LogP contribution >= 0.6 is 0 Å². The number of nitrogens with one attached hydrogen (secondary N) is 1. The largest absolute Gasteiger partial charge is 0.482 e. The van der Waals surface area contributed by atoms with Crippen LogP contribution in [0.5, 0.6) is 11.6 Å². The first-order valence-corrected chi connectivity index (χ1v) is 10.3. The van der Waals surface area contributed by atoms with Crippen molar-refractivity contribution in [1.29, 1.82) is 0 Å². The van der Waals surface area contributed by atoms with Gasteiger partial charge in [-0.1, -0.05) is 0 Å². The Hall–Kier alpha value is -3.09. The van der Waals surface area contributed by atoms with E-state index in [1.54, 1.807) is 6.07 Å². The fraction of sp³-hybridized carbons (Fsp3) is 0.353. The average molecular weight is 443 g/mol. The van der Waals surface area contributed by atoms with Crippen LogP contribution in [0.25, 0.3) is 5.78 Å². The number of nitrogens with zero attached hydrogens (tertiary/aromatic N) is 4. The third-order valence-electron chi connectivity index (χ3n) is 4.34. The third kappa shape index (κ3) is 3.97. The standard InChI is InChI=1S/C17H16F3N5O4S/c1-28-16-12(29-8-13(19)20)6-10(18)15(23-16)24-30(26,27)14-7-21-17-22-11(9-2-3-9)4-5-25(14)17/h4-7,9,13H,2-3,8H2,1H3,(H,23,24). The molecule has 1 N–H and O–H groups in total. The molecule has 0 spiro atoms. The highest BCUT2D eigenvalue weighted by Gasteiger charge is 2.27. The molecule has 1 aliphatic rings. The first-order valence-electron chi connectivity index (χ1n) is 8.81. The summed E-state index contributed by atoms with van der Waals surface area (Å²) in [7, 11) is -3.15.